The van der Waals surface area contributed by atoms with Gasteiger partial charge in [-0.3, -0.25) is 4.99 Å². The Hall–Kier alpha value is -2.37. The van der Waals surface area contributed by atoms with Gasteiger partial charge in [-0.1, -0.05) is 30.3 Å². The van der Waals surface area contributed by atoms with E-state index in [2.05, 4.69) is 31.0 Å². The molecular weight excluding hydrogens is 521 g/mol. The third-order valence-corrected chi connectivity index (χ3v) is 4.89. The number of rotatable bonds is 5. The van der Waals surface area contributed by atoms with E-state index in [4.69, 9.17) is 4.74 Å². The fourth-order valence-corrected chi connectivity index (χ4v) is 3.53. The highest BCUT2D eigenvalue weighted by Gasteiger charge is 2.23. The lowest BCUT2D eigenvalue weighted by Gasteiger charge is -2.27. The van der Waals surface area contributed by atoms with E-state index in [1.165, 1.54) is 0 Å². The lowest BCUT2D eigenvalue weighted by Crippen LogP contribution is -2.49. The Kier molecular flexibility index (Phi) is 9.29. The normalized spacial score (nSPS) is 16.9. The van der Waals surface area contributed by atoms with E-state index < -0.39 is 11.7 Å². The van der Waals surface area contributed by atoms with Crippen LogP contribution in [-0.2, 0) is 17.7 Å². The van der Waals surface area contributed by atoms with E-state index in [9.17, 15) is 4.79 Å². The fourth-order valence-electron chi connectivity index (χ4n) is 3.53. The van der Waals surface area contributed by atoms with E-state index in [1.807, 2.05) is 62.7 Å². The van der Waals surface area contributed by atoms with Gasteiger partial charge in [0.15, 0.2) is 5.96 Å². The Labute approximate surface area is 206 Å². The quantitative estimate of drug-likeness (QED) is 0.298. The molecule has 0 radical (unpaired) electrons. The van der Waals surface area contributed by atoms with Crippen molar-refractivity contribution in [2.75, 3.05) is 13.6 Å². The highest BCUT2D eigenvalue weighted by molar-refractivity contribution is 14.0. The molecule has 2 unspecified atom stereocenters. The largest absolute Gasteiger partial charge is 0.444 e. The first kappa shape index (κ1) is 25.9. The molecule has 1 aliphatic rings. The standard InChI is InChI=1S/C22H33N7O2.HI/c1-15-25-19-12-11-17(14-29(19)28-15)26-20(23-5)24-13-18(16-9-7-6-8-10-16)27-21(30)31-22(2,3)4;/h6-10,17-18H,11-14H2,1-5H3,(H,27,30)(H2,23,24,26);1H. The van der Waals surface area contributed by atoms with Gasteiger partial charge in [0.25, 0.3) is 0 Å². The van der Waals surface area contributed by atoms with Crippen molar-refractivity contribution in [2.45, 2.75) is 64.8 Å². The van der Waals surface area contributed by atoms with Gasteiger partial charge in [-0.05, 0) is 39.7 Å². The summed E-state index contributed by atoms with van der Waals surface area (Å²) in [6.07, 6.45) is 1.38. The number of guanidine groups is 1. The molecule has 1 amide bonds. The van der Waals surface area contributed by atoms with Crippen molar-refractivity contribution < 1.29 is 9.53 Å². The number of nitrogens with zero attached hydrogens (tertiary/aromatic N) is 4. The lowest BCUT2D eigenvalue weighted by atomic mass is 10.1. The summed E-state index contributed by atoms with van der Waals surface area (Å²) in [6.45, 7) is 8.66. The molecule has 0 bridgehead atoms. The van der Waals surface area contributed by atoms with E-state index >= 15 is 0 Å². The number of fused-ring (bicyclic) bond motifs is 1. The molecule has 0 aliphatic carbocycles. The molecule has 10 heteroatoms. The van der Waals surface area contributed by atoms with Gasteiger partial charge < -0.3 is 20.7 Å². The van der Waals surface area contributed by atoms with Crippen LogP contribution >= 0.6 is 24.0 Å². The molecule has 2 atom stereocenters. The molecule has 1 aliphatic heterocycles. The van der Waals surface area contributed by atoms with Crippen LogP contribution in [0.3, 0.4) is 0 Å². The monoisotopic (exact) mass is 555 g/mol. The van der Waals surface area contributed by atoms with Gasteiger partial charge in [-0.25, -0.2) is 14.5 Å². The highest BCUT2D eigenvalue weighted by Crippen LogP contribution is 2.15. The second kappa shape index (κ2) is 11.5. The van der Waals surface area contributed by atoms with Crippen LogP contribution < -0.4 is 16.0 Å². The van der Waals surface area contributed by atoms with Crippen LogP contribution in [0.4, 0.5) is 4.79 Å². The molecule has 1 aromatic heterocycles. The van der Waals surface area contributed by atoms with E-state index in [0.29, 0.717) is 12.5 Å². The maximum Gasteiger partial charge on any atom is 0.408 e. The molecule has 9 nitrogen and oxygen atoms in total. The highest BCUT2D eigenvalue weighted by atomic mass is 127. The van der Waals surface area contributed by atoms with Crippen molar-refractivity contribution in [1.29, 1.82) is 0 Å². The molecule has 0 spiro atoms. The molecule has 2 heterocycles. The van der Waals surface area contributed by atoms with Gasteiger partial charge in [-0.2, -0.15) is 5.10 Å². The minimum Gasteiger partial charge on any atom is -0.444 e. The number of aromatic nitrogens is 3. The number of aryl methyl sites for hydroxylation is 2. The zero-order chi connectivity index (χ0) is 22.4. The Balaban J connectivity index is 0.00000363. The average Bonchev–Trinajstić information content (AvgIpc) is 3.08. The number of carbonyl (C=O) groups is 1. The first-order valence-electron chi connectivity index (χ1n) is 10.7. The van der Waals surface area contributed by atoms with Crippen molar-refractivity contribution in [2.24, 2.45) is 4.99 Å². The van der Waals surface area contributed by atoms with Crippen LogP contribution in [0.1, 0.15) is 50.4 Å². The molecule has 3 rings (SSSR count). The van der Waals surface area contributed by atoms with Crippen molar-refractivity contribution in [3.8, 4) is 0 Å². The fraction of sp³-hybridized carbons (Fsp3) is 0.545. The van der Waals surface area contributed by atoms with Crippen molar-refractivity contribution in [3.05, 3.63) is 47.5 Å². The zero-order valence-corrected chi connectivity index (χ0v) is 21.7. The summed E-state index contributed by atoms with van der Waals surface area (Å²) in [7, 11) is 1.74. The maximum absolute atomic E-state index is 12.4. The minimum absolute atomic E-state index is 0. The van der Waals surface area contributed by atoms with E-state index in [0.717, 1.165) is 36.6 Å². The Bertz CT molecular complexity index is 909. The molecular formula is C22H34IN7O2. The zero-order valence-electron chi connectivity index (χ0n) is 19.4. The number of amides is 1. The first-order chi connectivity index (χ1) is 14.7. The molecule has 1 aromatic carbocycles. The summed E-state index contributed by atoms with van der Waals surface area (Å²) in [5.74, 6) is 2.51. The van der Waals surface area contributed by atoms with Gasteiger partial charge in [0.1, 0.15) is 17.2 Å². The van der Waals surface area contributed by atoms with Crippen LogP contribution in [0, 0.1) is 6.92 Å². The summed E-state index contributed by atoms with van der Waals surface area (Å²) < 4.78 is 7.40. The topological polar surface area (TPSA) is 105 Å². The third kappa shape index (κ3) is 7.64. The smallest absolute Gasteiger partial charge is 0.408 e. The first-order valence-corrected chi connectivity index (χ1v) is 10.7. The SMILES string of the molecule is CN=C(NCC(NC(=O)OC(C)(C)C)c1ccccc1)NC1CCc2nc(C)nn2C1.I. The number of halogens is 1. The van der Waals surface area contributed by atoms with Crippen molar-refractivity contribution >= 4 is 36.0 Å². The molecule has 2 aromatic rings. The second-order valence-electron chi connectivity index (χ2n) is 8.70. The van der Waals surface area contributed by atoms with Gasteiger partial charge >= 0.3 is 6.09 Å². The number of benzene rings is 1. The summed E-state index contributed by atoms with van der Waals surface area (Å²) >= 11 is 0. The number of ether oxygens (including phenoxy) is 1. The number of nitrogens with one attached hydrogen (secondary N) is 3. The molecule has 3 N–H and O–H groups in total. The van der Waals surface area contributed by atoms with Crippen molar-refractivity contribution in [1.82, 2.24) is 30.7 Å². The molecule has 0 fully saturated rings. The third-order valence-electron chi connectivity index (χ3n) is 4.89. The maximum atomic E-state index is 12.4. The molecule has 32 heavy (non-hydrogen) atoms. The Morgan fingerprint density at radius 3 is 2.69 bits per heavy atom. The van der Waals surface area contributed by atoms with Crippen LogP contribution in [0.5, 0.6) is 0 Å². The van der Waals surface area contributed by atoms with E-state index in [-0.39, 0.29) is 36.1 Å². The number of hydrogen-bond donors (Lipinski definition) is 3. The van der Waals surface area contributed by atoms with Crippen LogP contribution in [-0.4, -0.2) is 52.1 Å². The summed E-state index contributed by atoms with van der Waals surface area (Å²) in [4.78, 5) is 21.2. The number of alkyl carbamates (subject to hydrolysis) is 1. The summed E-state index contributed by atoms with van der Waals surface area (Å²) in [5.41, 5.74) is 0.423. The molecule has 0 saturated carbocycles. The molecule has 0 saturated heterocycles. The van der Waals surface area contributed by atoms with Gasteiger partial charge in [0.05, 0.1) is 12.6 Å². The summed E-state index contributed by atoms with van der Waals surface area (Å²) in [6, 6.07) is 9.74. The van der Waals surface area contributed by atoms with Crippen molar-refractivity contribution in [3.63, 3.8) is 0 Å². The van der Waals surface area contributed by atoms with Crippen LogP contribution in [0.25, 0.3) is 0 Å². The number of carbonyl (C=O) groups excluding carboxylic acids is 1. The molecule has 176 valence electrons. The predicted octanol–water partition coefficient (Wildman–Crippen LogP) is 2.95. The number of hydrogen-bond acceptors (Lipinski definition) is 5. The van der Waals surface area contributed by atoms with Gasteiger partial charge in [0, 0.05) is 26.1 Å². The lowest BCUT2D eigenvalue weighted by molar-refractivity contribution is 0.0504. The van der Waals surface area contributed by atoms with Crippen LogP contribution in [0.2, 0.25) is 0 Å². The summed E-state index contributed by atoms with van der Waals surface area (Å²) in [5, 5.41) is 14.2. The second-order valence-corrected chi connectivity index (χ2v) is 8.70. The Morgan fingerprint density at radius 2 is 2.03 bits per heavy atom. The number of aliphatic imine (C=N–C) groups is 1. The average molecular weight is 555 g/mol. The Morgan fingerprint density at radius 1 is 1.31 bits per heavy atom. The predicted molar refractivity (Wildman–Crippen MR) is 135 cm³/mol. The van der Waals surface area contributed by atoms with Gasteiger partial charge in [0.2, 0.25) is 0 Å². The van der Waals surface area contributed by atoms with E-state index in [1.54, 1.807) is 7.05 Å². The van der Waals surface area contributed by atoms with Gasteiger partial charge in [-0.15, -0.1) is 24.0 Å². The minimum atomic E-state index is -0.560. The van der Waals surface area contributed by atoms with Crippen LogP contribution in [0.15, 0.2) is 35.3 Å².